The van der Waals surface area contributed by atoms with E-state index in [0.717, 1.165) is 41.2 Å². The highest BCUT2D eigenvalue weighted by Crippen LogP contribution is 2.35. The van der Waals surface area contributed by atoms with E-state index in [1.54, 1.807) is 0 Å². The third-order valence-electron chi connectivity index (χ3n) is 4.46. The molecule has 1 saturated carbocycles. The van der Waals surface area contributed by atoms with Crippen molar-refractivity contribution in [2.24, 2.45) is 11.8 Å². The van der Waals surface area contributed by atoms with E-state index in [9.17, 15) is 5.26 Å². The molecule has 1 fully saturated rings. The van der Waals surface area contributed by atoms with Crippen LogP contribution in [0.5, 0.6) is 5.75 Å². The second kappa shape index (κ2) is 7.18. The molecule has 2 nitrogen and oxygen atoms in total. The highest BCUT2D eigenvalue weighted by atomic mass is 35.5. The van der Waals surface area contributed by atoms with Crippen molar-refractivity contribution in [1.29, 1.82) is 5.26 Å². The summed E-state index contributed by atoms with van der Waals surface area (Å²) in [6.45, 7) is 6.20. The van der Waals surface area contributed by atoms with Crippen molar-refractivity contribution in [2.75, 3.05) is 0 Å². The van der Waals surface area contributed by atoms with Gasteiger partial charge in [0.15, 0.2) is 0 Å². The minimum Gasteiger partial charge on any atom is -0.489 e. The van der Waals surface area contributed by atoms with E-state index in [-0.39, 0.29) is 12.0 Å². The zero-order valence-corrected chi connectivity index (χ0v) is 13.9. The smallest absolute Gasteiger partial charge is 0.120 e. The molecule has 1 aromatic carbocycles. The van der Waals surface area contributed by atoms with Crippen LogP contribution in [0.4, 0.5) is 0 Å². The van der Waals surface area contributed by atoms with Gasteiger partial charge in [0, 0.05) is 5.02 Å². The fourth-order valence-corrected chi connectivity index (χ4v) is 3.42. The number of halogens is 1. The minimum atomic E-state index is 0.00870. The second-order valence-electron chi connectivity index (χ2n) is 6.23. The Morgan fingerprint density at radius 2 is 1.95 bits per heavy atom. The van der Waals surface area contributed by atoms with Crippen molar-refractivity contribution in [1.82, 2.24) is 0 Å². The lowest BCUT2D eigenvalue weighted by Crippen LogP contribution is -2.33. The van der Waals surface area contributed by atoms with Crippen molar-refractivity contribution in [3.05, 3.63) is 28.3 Å². The predicted octanol–water partition coefficient (Wildman–Crippen LogP) is 5.44. The summed E-state index contributed by atoms with van der Waals surface area (Å²) >= 11 is 6.20. The lowest BCUT2D eigenvalue weighted by molar-refractivity contribution is 0.0874. The monoisotopic (exact) mass is 305 g/mol. The molecule has 21 heavy (non-hydrogen) atoms. The number of benzene rings is 1. The molecule has 1 aliphatic carbocycles. The van der Waals surface area contributed by atoms with Gasteiger partial charge in [-0.25, -0.2) is 0 Å². The minimum absolute atomic E-state index is 0.00870. The molecule has 3 atom stereocenters. The summed E-state index contributed by atoms with van der Waals surface area (Å²) in [4.78, 5) is 0. The molecule has 0 heterocycles. The van der Waals surface area contributed by atoms with E-state index >= 15 is 0 Å². The van der Waals surface area contributed by atoms with E-state index in [2.05, 4.69) is 13.0 Å². The van der Waals surface area contributed by atoms with Crippen LogP contribution >= 0.6 is 11.6 Å². The third-order valence-corrected chi connectivity index (χ3v) is 5.06. The quantitative estimate of drug-likeness (QED) is 0.741. The molecule has 0 amide bonds. The zero-order chi connectivity index (χ0) is 15.4. The van der Waals surface area contributed by atoms with Gasteiger partial charge in [0.05, 0.1) is 12.0 Å². The first kappa shape index (κ1) is 16.2. The van der Waals surface area contributed by atoms with Crippen LogP contribution in [0.2, 0.25) is 5.02 Å². The molecule has 3 heteroatoms. The van der Waals surface area contributed by atoms with Crippen LogP contribution in [-0.2, 0) is 0 Å². The molecule has 3 unspecified atom stereocenters. The van der Waals surface area contributed by atoms with Crippen molar-refractivity contribution in [3.8, 4) is 11.8 Å². The predicted molar refractivity (Wildman–Crippen MR) is 86.7 cm³/mol. The van der Waals surface area contributed by atoms with Gasteiger partial charge in [-0.2, -0.15) is 5.26 Å². The maximum absolute atomic E-state index is 9.36. The first-order chi connectivity index (χ1) is 10.0. The molecule has 0 saturated heterocycles. The van der Waals surface area contributed by atoms with Gasteiger partial charge in [-0.1, -0.05) is 31.4 Å². The Morgan fingerprint density at radius 3 is 2.52 bits per heavy atom. The van der Waals surface area contributed by atoms with Crippen LogP contribution in [0.3, 0.4) is 0 Å². The van der Waals surface area contributed by atoms with E-state index in [1.165, 1.54) is 12.8 Å². The van der Waals surface area contributed by atoms with E-state index in [4.69, 9.17) is 16.3 Å². The number of aryl methyl sites for hydroxylation is 2. The number of rotatable bonds is 4. The molecule has 1 aromatic rings. The fourth-order valence-electron chi connectivity index (χ4n) is 3.31. The molecular formula is C18H24ClNO. The number of ether oxygens (including phenoxy) is 1. The summed E-state index contributed by atoms with van der Waals surface area (Å²) in [6, 6.07) is 6.39. The maximum atomic E-state index is 9.36. The first-order valence-corrected chi connectivity index (χ1v) is 8.26. The van der Waals surface area contributed by atoms with Crippen LogP contribution in [0.25, 0.3) is 0 Å². The summed E-state index contributed by atoms with van der Waals surface area (Å²) in [5.41, 5.74) is 2.06. The molecule has 0 bridgehead atoms. The van der Waals surface area contributed by atoms with E-state index < -0.39 is 0 Å². The number of nitriles is 1. The highest BCUT2D eigenvalue weighted by Gasteiger charge is 2.31. The molecule has 0 aliphatic heterocycles. The summed E-state index contributed by atoms with van der Waals surface area (Å²) in [5, 5.41) is 10.2. The lowest BCUT2D eigenvalue weighted by atomic mass is 9.78. The molecule has 0 N–H and O–H groups in total. The summed E-state index contributed by atoms with van der Waals surface area (Å²) in [5.74, 6) is 1.55. The molecule has 1 aliphatic rings. The Balaban J connectivity index is 2.13. The van der Waals surface area contributed by atoms with Crippen molar-refractivity contribution in [3.63, 3.8) is 0 Å². The van der Waals surface area contributed by atoms with Gasteiger partial charge in [0.25, 0.3) is 0 Å². The van der Waals surface area contributed by atoms with Gasteiger partial charge < -0.3 is 4.74 Å². The maximum Gasteiger partial charge on any atom is 0.120 e. The SMILES string of the molecule is CCCC1CCC(C#N)C(Oc2cc(C)c(Cl)c(C)c2)C1. The Hall–Kier alpha value is -1.20. The summed E-state index contributed by atoms with van der Waals surface area (Å²) in [7, 11) is 0. The second-order valence-corrected chi connectivity index (χ2v) is 6.61. The van der Waals surface area contributed by atoms with Crippen LogP contribution < -0.4 is 4.74 Å². The number of hydrogen-bond donors (Lipinski definition) is 0. The van der Waals surface area contributed by atoms with Gasteiger partial charge in [0.2, 0.25) is 0 Å². The van der Waals surface area contributed by atoms with Crippen molar-refractivity contribution in [2.45, 2.75) is 59.0 Å². The molecule has 0 radical (unpaired) electrons. The molecule has 0 aromatic heterocycles. The largest absolute Gasteiger partial charge is 0.489 e. The van der Waals surface area contributed by atoms with E-state index in [0.29, 0.717) is 5.92 Å². The van der Waals surface area contributed by atoms with Crippen LogP contribution in [-0.4, -0.2) is 6.10 Å². The van der Waals surface area contributed by atoms with Gasteiger partial charge in [-0.05, 0) is 62.3 Å². The molecular weight excluding hydrogens is 282 g/mol. The van der Waals surface area contributed by atoms with Crippen molar-refractivity contribution >= 4 is 11.6 Å². The topological polar surface area (TPSA) is 33.0 Å². The average Bonchev–Trinajstić information content (AvgIpc) is 2.45. The molecule has 114 valence electrons. The van der Waals surface area contributed by atoms with Crippen LogP contribution in [0.1, 0.15) is 50.2 Å². The van der Waals surface area contributed by atoms with Gasteiger partial charge in [0.1, 0.15) is 11.9 Å². The molecule has 0 spiro atoms. The third kappa shape index (κ3) is 3.92. The van der Waals surface area contributed by atoms with E-state index in [1.807, 2.05) is 26.0 Å². The summed E-state index contributed by atoms with van der Waals surface area (Å²) in [6.07, 6.45) is 5.56. The Morgan fingerprint density at radius 1 is 1.29 bits per heavy atom. The first-order valence-electron chi connectivity index (χ1n) is 7.88. The van der Waals surface area contributed by atoms with Crippen LogP contribution in [0, 0.1) is 37.0 Å². The standard InChI is InChI=1S/C18H24ClNO/c1-4-5-14-6-7-15(11-20)17(10-14)21-16-8-12(2)18(19)13(3)9-16/h8-9,14-15,17H,4-7,10H2,1-3H3. The van der Waals surface area contributed by atoms with Crippen molar-refractivity contribution < 1.29 is 4.74 Å². The Bertz CT molecular complexity index is 512. The Kier molecular flexibility index (Phi) is 5.53. The molecule has 2 rings (SSSR count). The Labute approximate surface area is 133 Å². The fraction of sp³-hybridized carbons (Fsp3) is 0.611. The zero-order valence-electron chi connectivity index (χ0n) is 13.2. The van der Waals surface area contributed by atoms with Gasteiger partial charge in [-0.15, -0.1) is 0 Å². The summed E-state index contributed by atoms with van der Waals surface area (Å²) < 4.78 is 6.17. The number of nitrogens with zero attached hydrogens (tertiary/aromatic N) is 1. The normalized spacial score (nSPS) is 25.4. The van der Waals surface area contributed by atoms with Gasteiger partial charge in [-0.3, -0.25) is 0 Å². The lowest BCUT2D eigenvalue weighted by Gasteiger charge is -2.33. The highest BCUT2D eigenvalue weighted by molar-refractivity contribution is 6.32. The average molecular weight is 306 g/mol. The van der Waals surface area contributed by atoms with Crippen LogP contribution in [0.15, 0.2) is 12.1 Å². The number of hydrogen-bond acceptors (Lipinski definition) is 2. The van der Waals surface area contributed by atoms with Gasteiger partial charge >= 0.3 is 0 Å².